The average Bonchev–Trinajstić information content (AvgIpc) is 3.24. The summed E-state index contributed by atoms with van der Waals surface area (Å²) >= 11 is 0. The Morgan fingerprint density at radius 2 is 2.00 bits per heavy atom. The summed E-state index contributed by atoms with van der Waals surface area (Å²) in [4.78, 5) is 13.3. The van der Waals surface area contributed by atoms with Gasteiger partial charge < -0.3 is 15.4 Å². The van der Waals surface area contributed by atoms with Crippen molar-refractivity contribution in [2.75, 3.05) is 5.73 Å². The Morgan fingerprint density at radius 1 is 1.25 bits per heavy atom. The lowest BCUT2D eigenvalue weighted by Gasteiger charge is -2.12. The van der Waals surface area contributed by atoms with Crippen LogP contribution in [0.25, 0.3) is 22.6 Å². The molecule has 146 valence electrons. The third-order valence-corrected chi connectivity index (χ3v) is 4.86. The number of hydrogen-bond donors (Lipinski definition) is 2. The number of nitrogens with two attached hydrogens (primary N) is 1. The summed E-state index contributed by atoms with van der Waals surface area (Å²) in [6, 6.07) is 6.24. The normalized spacial score (nSPS) is 15.1. The van der Waals surface area contributed by atoms with Crippen molar-refractivity contribution in [3.8, 4) is 23.2 Å². The van der Waals surface area contributed by atoms with E-state index in [9.17, 15) is 9.50 Å². The van der Waals surface area contributed by atoms with Crippen LogP contribution < -0.4 is 5.73 Å². The molecule has 28 heavy (non-hydrogen) atoms. The molecule has 8 heteroatoms. The Kier molecular flexibility index (Phi) is 5.54. The Labute approximate surface area is 168 Å². The second-order valence-corrected chi connectivity index (χ2v) is 6.78. The summed E-state index contributed by atoms with van der Waals surface area (Å²) in [5.41, 5.74) is 6.77. The number of imidazole rings is 1. The number of fused-ring (bicyclic) bond motifs is 1. The van der Waals surface area contributed by atoms with E-state index in [1.165, 1.54) is 12.1 Å². The van der Waals surface area contributed by atoms with E-state index >= 15 is 0 Å². The van der Waals surface area contributed by atoms with E-state index in [0.717, 1.165) is 12.8 Å². The Balaban J connectivity index is 0.00000225. The highest BCUT2D eigenvalue weighted by Crippen LogP contribution is 2.29. The molecule has 6 nitrogen and oxygen atoms in total. The van der Waals surface area contributed by atoms with Crippen LogP contribution in [0.5, 0.6) is 0 Å². The van der Waals surface area contributed by atoms with Crippen LogP contribution in [0.1, 0.15) is 38.4 Å². The first kappa shape index (κ1) is 20.1. The van der Waals surface area contributed by atoms with Gasteiger partial charge in [-0.1, -0.05) is 18.1 Å². The summed E-state index contributed by atoms with van der Waals surface area (Å²) < 4.78 is 15.5. The Bertz CT molecular complexity index is 1080. The van der Waals surface area contributed by atoms with Gasteiger partial charge in [0.05, 0.1) is 0 Å². The molecule has 4 rings (SSSR count). The molecule has 0 bridgehead atoms. The second-order valence-electron chi connectivity index (χ2n) is 6.78. The van der Waals surface area contributed by atoms with Gasteiger partial charge in [-0.3, -0.25) is 0 Å². The minimum Gasteiger partial charge on any atom is -0.382 e. The quantitative estimate of drug-likeness (QED) is 0.643. The first-order chi connectivity index (χ1) is 13.0. The van der Waals surface area contributed by atoms with Gasteiger partial charge in [0, 0.05) is 12.1 Å². The second kappa shape index (κ2) is 7.74. The van der Waals surface area contributed by atoms with Crippen molar-refractivity contribution in [1.29, 1.82) is 0 Å². The van der Waals surface area contributed by atoms with Gasteiger partial charge >= 0.3 is 0 Å². The number of nitrogen functional groups attached to an aromatic ring is 1. The molecule has 3 aromatic rings. The summed E-state index contributed by atoms with van der Waals surface area (Å²) in [6.45, 7) is 2.53. The molecule has 1 aliphatic rings. The van der Waals surface area contributed by atoms with Crippen molar-refractivity contribution < 1.29 is 9.50 Å². The van der Waals surface area contributed by atoms with Gasteiger partial charge in [-0.2, -0.15) is 0 Å². The van der Waals surface area contributed by atoms with Gasteiger partial charge in [0.15, 0.2) is 17.0 Å². The van der Waals surface area contributed by atoms with Crippen LogP contribution in [0, 0.1) is 17.7 Å². The van der Waals surface area contributed by atoms with Gasteiger partial charge in [-0.25, -0.2) is 19.3 Å². The molecule has 0 aliphatic heterocycles. The number of nitrogens with zero attached hydrogens (tertiary/aromatic N) is 4. The van der Waals surface area contributed by atoms with Crippen molar-refractivity contribution in [2.24, 2.45) is 0 Å². The van der Waals surface area contributed by atoms with Crippen LogP contribution in [0.2, 0.25) is 0 Å². The minimum atomic E-state index is -0.967. The molecular formula is C20H21ClFN5O. The third kappa shape index (κ3) is 3.66. The van der Waals surface area contributed by atoms with Crippen molar-refractivity contribution in [3.05, 3.63) is 35.9 Å². The van der Waals surface area contributed by atoms with Gasteiger partial charge in [-0.15, -0.1) is 12.4 Å². The van der Waals surface area contributed by atoms with Crippen LogP contribution in [0.4, 0.5) is 10.2 Å². The van der Waals surface area contributed by atoms with Crippen molar-refractivity contribution >= 4 is 29.4 Å². The lowest BCUT2D eigenvalue weighted by atomic mass is 10.0. The maximum atomic E-state index is 13.6. The molecule has 0 atom stereocenters. The molecule has 0 unspecified atom stereocenters. The molecule has 0 saturated heterocycles. The molecule has 0 spiro atoms. The zero-order valence-electron chi connectivity index (χ0n) is 15.4. The summed E-state index contributed by atoms with van der Waals surface area (Å²) in [5.74, 6) is 6.47. The molecule has 0 amide bonds. The highest BCUT2D eigenvalue weighted by molar-refractivity contribution is 5.86. The highest BCUT2D eigenvalue weighted by atomic mass is 35.5. The average molecular weight is 402 g/mol. The van der Waals surface area contributed by atoms with Crippen LogP contribution in [-0.2, 0) is 6.54 Å². The summed E-state index contributed by atoms with van der Waals surface area (Å²) in [5, 5.41) is 10.4. The zero-order valence-corrected chi connectivity index (χ0v) is 16.3. The summed E-state index contributed by atoms with van der Waals surface area (Å²) in [7, 11) is 0. The fraction of sp³-hybridized carbons (Fsp3) is 0.350. The molecule has 2 heterocycles. The van der Waals surface area contributed by atoms with Crippen molar-refractivity contribution in [2.45, 2.75) is 44.8 Å². The number of benzene rings is 1. The van der Waals surface area contributed by atoms with Gasteiger partial charge in [0.25, 0.3) is 0 Å². The van der Waals surface area contributed by atoms with Gasteiger partial charge in [-0.05, 0) is 50.7 Å². The molecule has 0 radical (unpaired) electrons. The van der Waals surface area contributed by atoms with E-state index < -0.39 is 5.60 Å². The fourth-order valence-electron chi connectivity index (χ4n) is 3.48. The zero-order chi connectivity index (χ0) is 19.0. The van der Waals surface area contributed by atoms with Crippen LogP contribution in [0.3, 0.4) is 0 Å². The number of aliphatic hydroxyl groups is 1. The van der Waals surface area contributed by atoms with E-state index in [2.05, 4.69) is 26.8 Å². The molecule has 2 aromatic heterocycles. The van der Waals surface area contributed by atoms with Gasteiger partial charge in [0.2, 0.25) is 5.82 Å². The fourth-order valence-corrected chi connectivity index (χ4v) is 3.48. The predicted molar refractivity (Wildman–Crippen MR) is 108 cm³/mol. The number of hydrogen-bond acceptors (Lipinski definition) is 5. The number of rotatable bonds is 2. The number of aryl methyl sites for hydroxylation is 1. The Morgan fingerprint density at radius 3 is 2.68 bits per heavy atom. The maximum Gasteiger partial charge on any atom is 0.209 e. The van der Waals surface area contributed by atoms with Crippen LogP contribution in [0.15, 0.2) is 24.3 Å². The third-order valence-electron chi connectivity index (χ3n) is 4.86. The molecular weight excluding hydrogens is 381 g/mol. The Hall–Kier alpha value is -2.69. The van der Waals surface area contributed by atoms with E-state index in [-0.39, 0.29) is 29.9 Å². The van der Waals surface area contributed by atoms with E-state index in [4.69, 9.17) is 5.73 Å². The monoisotopic (exact) mass is 401 g/mol. The number of anilines is 1. The topological polar surface area (TPSA) is 89.9 Å². The lowest BCUT2D eigenvalue weighted by molar-refractivity contribution is 0.110. The highest BCUT2D eigenvalue weighted by Gasteiger charge is 2.28. The number of aromatic nitrogens is 4. The van der Waals surface area contributed by atoms with Crippen LogP contribution >= 0.6 is 12.4 Å². The van der Waals surface area contributed by atoms with E-state index in [1.54, 1.807) is 12.1 Å². The van der Waals surface area contributed by atoms with Crippen molar-refractivity contribution in [1.82, 2.24) is 19.5 Å². The summed E-state index contributed by atoms with van der Waals surface area (Å²) in [6.07, 6.45) is 3.25. The molecule has 1 aromatic carbocycles. The smallest absolute Gasteiger partial charge is 0.209 e. The largest absolute Gasteiger partial charge is 0.382 e. The first-order valence-electron chi connectivity index (χ1n) is 9.04. The van der Waals surface area contributed by atoms with Gasteiger partial charge in [0.1, 0.15) is 17.2 Å². The minimum absolute atomic E-state index is 0. The maximum absolute atomic E-state index is 13.6. The number of halogens is 2. The molecule has 3 N–H and O–H groups in total. The SMILES string of the molecule is CCn1c(-c2cccc(F)c2)nc2c(N)nc(C#CC3(O)CCCC3)nc21.Cl. The van der Waals surface area contributed by atoms with E-state index in [1.807, 2.05) is 11.5 Å². The predicted octanol–water partition coefficient (Wildman–Crippen LogP) is 3.31. The lowest BCUT2D eigenvalue weighted by Crippen LogP contribution is -2.20. The molecule has 1 fully saturated rings. The molecule has 1 aliphatic carbocycles. The standard InChI is InChI=1S/C20H20FN5O.ClH/c1-2-26-18(13-6-5-7-14(21)12-13)25-16-17(22)23-15(24-19(16)26)8-11-20(27)9-3-4-10-20;/h5-7,12,27H,2-4,9-10H2,1H3,(H2,22,23,24);1H. The van der Waals surface area contributed by atoms with Crippen molar-refractivity contribution in [3.63, 3.8) is 0 Å². The first-order valence-corrected chi connectivity index (χ1v) is 9.04. The van der Waals surface area contributed by atoms with E-state index in [0.29, 0.717) is 41.9 Å². The van der Waals surface area contributed by atoms with Crippen LogP contribution in [-0.4, -0.2) is 30.2 Å². The molecule has 1 saturated carbocycles.